The number of hydrogen-bond acceptors (Lipinski definition) is 14. The van der Waals surface area contributed by atoms with Crippen molar-refractivity contribution in [1.29, 1.82) is 0 Å². The fourth-order valence-electron chi connectivity index (χ4n) is 9.58. The lowest BCUT2D eigenvalue weighted by atomic mass is 9.76. The quantitative estimate of drug-likeness (QED) is 0.0233. The monoisotopic (exact) mass is 1170 g/mol. The molecule has 2 aromatic carbocycles. The number of fused-ring (bicyclic) bond motifs is 2. The molecule has 450 valence electrons. The molecule has 3 aliphatic heterocycles. The van der Waals surface area contributed by atoms with Crippen molar-refractivity contribution in [3.8, 4) is 11.8 Å². The fourth-order valence-corrected chi connectivity index (χ4v) is 9.58. The van der Waals surface area contributed by atoms with E-state index in [0.717, 1.165) is 112 Å². The number of aliphatic hydroxyl groups excluding tert-OH is 1. The van der Waals surface area contributed by atoms with Gasteiger partial charge in [0.1, 0.15) is 23.5 Å². The number of allylic oxidation sites excluding steroid dienone is 1. The van der Waals surface area contributed by atoms with Gasteiger partial charge in [-0.2, -0.15) is 35.1 Å². The van der Waals surface area contributed by atoms with Crippen LogP contribution in [0.5, 0.6) is 0 Å². The smallest absolute Gasteiger partial charge is 0.407 e. The number of aliphatic imine (C=N–C) groups is 1. The van der Waals surface area contributed by atoms with E-state index in [9.17, 15) is 59.4 Å². The Balaban J connectivity index is 0.000000669. The molecule has 4 heterocycles. The predicted molar refractivity (Wildman–Crippen MR) is 281 cm³/mol. The average Bonchev–Trinajstić information content (AvgIpc) is 4.24. The van der Waals surface area contributed by atoms with Crippen LogP contribution in [0.25, 0.3) is 5.70 Å². The molecular weight excluding hydrogens is 1100 g/mol. The Kier molecular flexibility index (Phi) is 22.7. The highest BCUT2D eigenvalue weighted by Gasteiger charge is 2.57. The van der Waals surface area contributed by atoms with E-state index in [4.69, 9.17) is 21.2 Å². The maximum Gasteiger partial charge on any atom is 0.407 e. The van der Waals surface area contributed by atoms with Gasteiger partial charge in [-0.25, -0.2) is 23.6 Å². The molecule has 8 N–H and O–H groups in total. The highest BCUT2D eigenvalue weighted by atomic mass is 19.4. The Bertz CT molecular complexity index is 2760. The van der Waals surface area contributed by atoms with Crippen LogP contribution in [0, 0.1) is 40.2 Å². The minimum Gasteiger partial charge on any atom is -0.469 e. The van der Waals surface area contributed by atoms with Crippen LogP contribution in [0.2, 0.25) is 0 Å². The predicted octanol–water partition coefficient (Wildman–Crippen LogP) is 6.53. The van der Waals surface area contributed by atoms with Gasteiger partial charge in [0.05, 0.1) is 56.1 Å². The molecule has 2 bridgehead atoms. The van der Waals surface area contributed by atoms with Gasteiger partial charge in [-0.05, 0) is 87.6 Å². The summed E-state index contributed by atoms with van der Waals surface area (Å²) >= 11 is 0. The normalized spacial score (nSPS) is 19.3. The van der Waals surface area contributed by atoms with Gasteiger partial charge >= 0.3 is 31.0 Å². The van der Waals surface area contributed by atoms with E-state index >= 15 is 8.78 Å². The van der Waals surface area contributed by atoms with Gasteiger partial charge in [0.15, 0.2) is 0 Å². The second kappa shape index (κ2) is 28.3. The molecule has 3 aromatic rings. The molecule has 2 unspecified atom stereocenters. The van der Waals surface area contributed by atoms with Gasteiger partial charge in [-0.3, -0.25) is 19.3 Å². The van der Waals surface area contributed by atoms with Crippen molar-refractivity contribution in [1.82, 2.24) is 25.8 Å². The first-order valence-corrected chi connectivity index (χ1v) is 25.8. The number of esters is 1. The third-order valence-electron chi connectivity index (χ3n) is 14.8. The maximum atomic E-state index is 15.1. The summed E-state index contributed by atoms with van der Waals surface area (Å²) in [5, 5.41) is 18.4. The number of aliphatic hydroxyl groups is 1. The topological polar surface area (TPSA) is 236 Å². The molecule has 0 saturated carbocycles. The van der Waals surface area contributed by atoms with Gasteiger partial charge in [-0.15, -0.1) is 0 Å². The Morgan fingerprint density at radius 3 is 1.96 bits per heavy atom. The Hall–Kier alpha value is -7.02. The highest BCUT2D eigenvalue weighted by molar-refractivity contribution is 5.87. The Labute approximate surface area is 467 Å². The average molecular weight is 1170 g/mol. The van der Waals surface area contributed by atoms with Gasteiger partial charge in [0, 0.05) is 91.3 Å². The summed E-state index contributed by atoms with van der Waals surface area (Å²) in [6, 6.07) is 10.2. The highest BCUT2D eigenvalue weighted by Crippen LogP contribution is 2.45. The summed E-state index contributed by atoms with van der Waals surface area (Å²) in [7, 11) is 1.95. The van der Waals surface area contributed by atoms with E-state index in [1.807, 2.05) is 17.4 Å². The molecular formula is C55H67F10N9O8. The number of ether oxygens (including phenoxy) is 3. The minimum atomic E-state index is -4.98. The van der Waals surface area contributed by atoms with Crippen molar-refractivity contribution in [3.63, 3.8) is 0 Å². The molecule has 3 amide bonds. The summed E-state index contributed by atoms with van der Waals surface area (Å²) in [6.07, 6.45) is -6.55. The van der Waals surface area contributed by atoms with Crippen LogP contribution in [-0.4, -0.2) is 147 Å². The number of primary amides is 1. The molecule has 82 heavy (non-hydrogen) atoms. The number of piperazine rings is 1. The van der Waals surface area contributed by atoms with Crippen LogP contribution in [0.1, 0.15) is 81.2 Å². The second-order valence-corrected chi connectivity index (χ2v) is 21.0. The summed E-state index contributed by atoms with van der Waals surface area (Å²) in [4.78, 5) is 60.1. The molecule has 27 heteroatoms. The molecule has 3 aliphatic rings. The van der Waals surface area contributed by atoms with Gasteiger partial charge in [0.25, 0.3) is 0 Å². The zero-order chi connectivity index (χ0) is 60.9. The molecule has 0 aliphatic carbocycles. The Morgan fingerprint density at radius 1 is 0.854 bits per heavy atom. The number of anilines is 1. The number of hydrogen-bond donors (Lipinski definition) is 6. The van der Waals surface area contributed by atoms with E-state index in [2.05, 4.69) is 46.7 Å². The summed E-state index contributed by atoms with van der Waals surface area (Å²) in [5.74, 6) is -0.0449. The number of pyridine rings is 1. The van der Waals surface area contributed by atoms with Crippen molar-refractivity contribution in [2.45, 2.75) is 122 Å². The number of carbonyl (C=O) groups is 4. The van der Waals surface area contributed by atoms with E-state index in [0.29, 0.717) is 41.0 Å². The SMILES string of the molecule is COC(=O)C[C@H](C(N)=O)C(C)(C)C(F)(F)F.COC(=O)N[C@H](C(=O)N[C@@H](Cc1ccc(C#Cc2ccc(N3CC4CCC(C3)N4[C@@H]3CCOC3)nc2)cc1)[C@@H](O)CNCc1c(F)cc(C(N)=CC=NC(F)F)cc1F)C(C)(C)C(F)(F)F. The fraction of sp³-hybridized carbons (Fsp3) is 0.527. The number of methoxy groups -OCH3 is 2. The molecule has 7 atom stereocenters. The third kappa shape index (κ3) is 17.3. The zero-order valence-electron chi connectivity index (χ0n) is 45.8. The van der Waals surface area contributed by atoms with E-state index in [1.165, 1.54) is 0 Å². The van der Waals surface area contributed by atoms with Crippen molar-refractivity contribution in [2.75, 3.05) is 52.0 Å². The van der Waals surface area contributed by atoms with Gasteiger partial charge in [-0.1, -0.05) is 37.8 Å². The molecule has 0 spiro atoms. The standard InChI is InChI=1S/C46H53F7N8O5.C9H14F3NO3/c1-45(2,46(51,52)53)41(59-44(64)65-3)42(63)58-38(39(62)23-55-22-34-35(47)19-30(20-36(34)48)37(54)14-16-56-43(49)50)18-28-7-4-27(5-8-28)6-9-29-10-13-40(57-21-29)60-24-31-11-12-32(25-60)61(31)33-15-17-66-26-33;1-8(2,9(10,11)12)5(7(13)15)4-6(14)16-3/h4-5,7-8,10,13-14,16,19-21,31-33,38-39,41,43,55,62H,11-12,15,17-18,22-26,54H2,1-3H3,(H,58,63)(H,59,64);5H,4H2,1-3H3,(H2,13,15)/t31?,32?,33-,38+,39+,41-;5-/m11/s1. The lowest BCUT2D eigenvalue weighted by Crippen LogP contribution is -2.62. The molecule has 17 nitrogen and oxygen atoms in total. The number of halogens is 10. The first-order valence-electron chi connectivity index (χ1n) is 25.8. The molecule has 3 saturated heterocycles. The molecule has 6 rings (SSSR count). The van der Waals surface area contributed by atoms with Crippen LogP contribution in [0.15, 0.2) is 65.8 Å². The largest absolute Gasteiger partial charge is 0.469 e. The number of alkyl carbamates (subject to hydrolysis) is 1. The third-order valence-corrected chi connectivity index (χ3v) is 14.8. The number of amides is 3. The number of nitrogens with zero attached hydrogens (tertiary/aromatic N) is 4. The maximum absolute atomic E-state index is 15.1. The van der Waals surface area contributed by atoms with Crippen LogP contribution in [0.3, 0.4) is 0 Å². The first-order chi connectivity index (χ1) is 38.4. The van der Waals surface area contributed by atoms with Crippen LogP contribution >= 0.6 is 0 Å². The zero-order valence-corrected chi connectivity index (χ0v) is 45.8. The number of rotatable bonds is 20. The summed E-state index contributed by atoms with van der Waals surface area (Å²) in [5.41, 5.74) is 6.39. The second-order valence-electron chi connectivity index (χ2n) is 21.0. The number of benzene rings is 2. The molecule has 1 aromatic heterocycles. The number of nitrogens with two attached hydrogens (primary N) is 2. The molecule has 0 radical (unpaired) electrons. The van der Waals surface area contributed by atoms with Crippen molar-refractivity contribution < 1.29 is 82.4 Å². The van der Waals surface area contributed by atoms with E-state index in [1.54, 1.807) is 30.5 Å². The Morgan fingerprint density at radius 2 is 1.45 bits per heavy atom. The van der Waals surface area contributed by atoms with Gasteiger partial charge in [0.2, 0.25) is 11.8 Å². The van der Waals surface area contributed by atoms with Crippen molar-refractivity contribution >= 4 is 41.6 Å². The summed E-state index contributed by atoms with van der Waals surface area (Å²) < 4.78 is 150. The van der Waals surface area contributed by atoms with E-state index < -0.39 is 114 Å². The minimum absolute atomic E-state index is 0.145. The van der Waals surface area contributed by atoms with Crippen LogP contribution < -0.4 is 32.3 Å². The number of nitrogens with one attached hydrogen (secondary N) is 3. The lowest BCUT2D eigenvalue weighted by Gasteiger charge is -2.44. The van der Waals surface area contributed by atoms with Crippen LogP contribution in [-0.2, 0) is 41.6 Å². The van der Waals surface area contributed by atoms with Crippen LogP contribution in [0.4, 0.5) is 54.5 Å². The van der Waals surface area contributed by atoms with E-state index in [-0.39, 0.29) is 17.7 Å². The summed E-state index contributed by atoms with van der Waals surface area (Å²) in [6.45, 7) is 2.58. The number of alkyl halides is 8. The van der Waals surface area contributed by atoms with Gasteiger partial charge < -0.3 is 51.6 Å². The van der Waals surface area contributed by atoms with Crippen molar-refractivity contribution in [3.05, 3.63) is 100 Å². The number of carbonyl (C=O) groups excluding carboxylic acids is 4. The molecule has 3 fully saturated rings. The van der Waals surface area contributed by atoms with Crippen molar-refractivity contribution in [2.24, 2.45) is 33.2 Å². The number of aromatic nitrogens is 1. The lowest BCUT2D eigenvalue weighted by molar-refractivity contribution is -0.229. The first kappa shape index (κ1) is 65.8.